The second-order valence-electron chi connectivity index (χ2n) is 14.0. The molecular formula is C30H52O26. The zero-order chi connectivity index (χ0) is 41.3. The van der Waals surface area contributed by atoms with Crippen molar-refractivity contribution in [3.05, 3.63) is 0 Å². The summed E-state index contributed by atoms with van der Waals surface area (Å²) in [5.41, 5.74) is 0. The second-order valence-corrected chi connectivity index (χ2v) is 14.0. The van der Waals surface area contributed by atoms with Gasteiger partial charge in [0.15, 0.2) is 31.5 Å². The quantitative estimate of drug-likeness (QED) is 0.0819. The SMILES string of the molecule is OC[C@H]1O[C@H](OC[C@H]2O[C@H](O)[C@@H](O)[C@@H](O)[C@@H]2O[C@@H]2O[C@H](CO)[C@@H](O[C@@H]3O[C@H](CO)[C@@H](O[C@@H]4O[C@H](CO)[C@@H](O)[C@H](O)[C@@H]4O)[C@H](O)[C@@H]3O)[C@H](O)[C@@H]2O)[C@H](O)[C@@H](O)[C@H]1O. The molecule has 0 aliphatic carbocycles. The van der Waals surface area contributed by atoms with Crippen LogP contribution in [0.1, 0.15) is 0 Å². The summed E-state index contributed by atoms with van der Waals surface area (Å²) < 4.78 is 49.1. The summed E-state index contributed by atoms with van der Waals surface area (Å²) in [6.07, 6.45) is -45.7. The summed E-state index contributed by atoms with van der Waals surface area (Å²) in [5, 5.41) is 175. The molecule has 0 unspecified atom stereocenters. The molecule has 0 radical (unpaired) electrons. The highest BCUT2D eigenvalue weighted by Crippen LogP contribution is 2.34. The van der Waals surface area contributed by atoms with Gasteiger partial charge in [-0.3, -0.25) is 0 Å². The molecule has 5 aliphatic heterocycles. The van der Waals surface area contributed by atoms with E-state index in [-0.39, 0.29) is 0 Å². The Kier molecular flexibility index (Phi) is 16.1. The van der Waals surface area contributed by atoms with Crippen molar-refractivity contribution in [3.8, 4) is 0 Å². The van der Waals surface area contributed by atoms with E-state index in [0.29, 0.717) is 0 Å². The summed E-state index contributed by atoms with van der Waals surface area (Å²) in [6.45, 7) is -4.27. The van der Waals surface area contributed by atoms with Gasteiger partial charge in [0, 0.05) is 0 Å². The summed E-state index contributed by atoms with van der Waals surface area (Å²) in [4.78, 5) is 0. The maximum absolute atomic E-state index is 11.1. The first-order valence-corrected chi connectivity index (χ1v) is 17.6. The third kappa shape index (κ3) is 9.31. The van der Waals surface area contributed by atoms with Gasteiger partial charge in [0.25, 0.3) is 0 Å². The molecule has 0 spiro atoms. The molecule has 56 heavy (non-hydrogen) atoms. The van der Waals surface area contributed by atoms with Crippen molar-refractivity contribution in [2.45, 2.75) is 154 Å². The summed E-state index contributed by atoms with van der Waals surface area (Å²) in [7, 11) is 0. The van der Waals surface area contributed by atoms with Crippen molar-refractivity contribution in [2.24, 2.45) is 0 Å². The summed E-state index contributed by atoms with van der Waals surface area (Å²) in [5.74, 6) is 0. The average molecular weight is 829 g/mol. The van der Waals surface area contributed by atoms with Crippen LogP contribution < -0.4 is 0 Å². The van der Waals surface area contributed by atoms with E-state index in [4.69, 9.17) is 42.6 Å². The van der Waals surface area contributed by atoms with Crippen LogP contribution in [0.5, 0.6) is 0 Å². The molecule has 26 heteroatoms. The molecule has 5 heterocycles. The van der Waals surface area contributed by atoms with Gasteiger partial charge in [-0.05, 0) is 0 Å². The number of rotatable bonds is 13. The maximum atomic E-state index is 11.1. The lowest BCUT2D eigenvalue weighted by Gasteiger charge is -2.49. The van der Waals surface area contributed by atoms with Crippen molar-refractivity contribution in [1.29, 1.82) is 0 Å². The van der Waals surface area contributed by atoms with Gasteiger partial charge in [-0.2, -0.15) is 0 Å². The standard InChI is InChI=1S/C30H52O26/c31-1-6-11(35)13(37)19(43)27(50-6)48-5-10-25(15(39)18(42)26(47)49-10)56-30-22(46)17(41)24(9(4-34)53-30)55-29-21(45)16(40)23(8(3-33)52-29)54-28-20(44)14(38)12(36)7(2-32)51-28/h6-47H,1-5H2/t6-,7-,8-,9-,10-,11+,12-,13+,14+,15-,16-,17-,18+,19-,20+,21+,22+,23-,24-,25-,26+,27+,28+,29+,30+/m1/s1. The van der Waals surface area contributed by atoms with Crippen molar-refractivity contribution in [2.75, 3.05) is 33.0 Å². The van der Waals surface area contributed by atoms with Gasteiger partial charge in [0.1, 0.15) is 122 Å². The fourth-order valence-electron chi connectivity index (χ4n) is 6.93. The van der Waals surface area contributed by atoms with Crippen LogP contribution >= 0.6 is 0 Å². The lowest BCUT2D eigenvalue weighted by atomic mass is 9.95. The molecule has 0 aromatic rings. The molecule has 0 aromatic heterocycles. The second kappa shape index (κ2) is 19.6. The first-order valence-electron chi connectivity index (χ1n) is 17.6. The highest BCUT2D eigenvalue weighted by molar-refractivity contribution is 4.98. The summed E-state index contributed by atoms with van der Waals surface area (Å²) >= 11 is 0. The number of aliphatic hydroxyl groups excluding tert-OH is 17. The smallest absolute Gasteiger partial charge is 0.187 e. The third-order valence-corrected chi connectivity index (χ3v) is 10.3. The molecule has 5 aliphatic rings. The van der Waals surface area contributed by atoms with E-state index < -0.39 is 187 Å². The van der Waals surface area contributed by atoms with Crippen LogP contribution in [0.3, 0.4) is 0 Å². The van der Waals surface area contributed by atoms with Crippen molar-refractivity contribution >= 4 is 0 Å². The predicted octanol–water partition coefficient (Wildman–Crippen LogP) is -11.9. The Hall–Kier alpha value is -1.04. The minimum Gasteiger partial charge on any atom is -0.394 e. The van der Waals surface area contributed by atoms with E-state index in [1.54, 1.807) is 0 Å². The summed E-state index contributed by atoms with van der Waals surface area (Å²) in [6, 6.07) is 0. The molecular weight excluding hydrogens is 776 g/mol. The lowest BCUT2D eigenvalue weighted by Crippen LogP contribution is -2.67. The molecule has 328 valence electrons. The minimum atomic E-state index is -2.13. The van der Waals surface area contributed by atoms with Crippen LogP contribution in [-0.2, 0) is 42.6 Å². The van der Waals surface area contributed by atoms with E-state index in [1.165, 1.54) is 0 Å². The fraction of sp³-hybridized carbons (Fsp3) is 1.00. The van der Waals surface area contributed by atoms with Crippen LogP contribution in [0.2, 0.25) is 0 Å². The number of ether oxygens (including phenoxy) is 9. The maximum Gasteiger partial charge on any atom is 0.187 e. The number of aliphatic hydroxyl groups is 17. The predicted molar refractivity (Wildman–Crippen MR) is 167 cm³/mol. The highest BCUT2D eigenvalue weighted by atomic mass is 16.8. The van der Waals surface area contributed by atoms with E-state index in [2.05, 4.69) is 0 Å². The van der Waals surface area contributed by atoms with Gasteiger partial charge in [-0.1, -0.05) is 0 Å². The zero-order valence-electron chi connectivity index (χ0n) is 29.2. The molecule has 5 saturated heterocycles. The Morgan fingerprint density at radius 1 is 0.304 bits per heavy atom. The Morgan fingerprint density at radius 3 is 1.04 bits per heavy atom. The minimum absolute atomic E-state index is 0.749. The monoisotopic (exact) mass is 828 g/mol. The molecule has 5 fully saturated rings. The van der Waals surface area contributed by atoms with E-state index >= 15 is 0 Å². The van der Waals surface area contributed by atoms with Gasteiger partial charge in [0.05, 0.1) is 33.0 Å². The lowest BCUT2D eigenvalue weighted by molar-refractivity contribution is -0.389. The highest BCUT2D eigenvalue weighted by Gasteiger charge is 2.55. The first kappa shape index (κ1) is 46.0. The van der Waals surface area contributed by atoms with Crippen LogP contribution in [0.15, 0.2) is 0 Å². The van der Waals surface area contributed by atoms with Crippen LogP contribution in [0, 0.1) is 0 Å². The third-order valence-electron chi connectivity index (χ3n) is 10.3. The normalized spacial score (nSPS) is 53.2. The zero-order valence-corrected chi connectivity index (χ0v) is 29.2. The Balaban J connectivity index is 1.24. The molecule has 26 nitrogen and oxygen atoms in total. The molecule has 0 aromatic carbocycles. The molecule has 17 N–H and O–H groups in total. The number of hydrogen-bond donors (Lipinski definition) is 17. The average Bonchev–Trinajstić information content (AvgIpc) is 3.19. The van der Waals surface area contributed by atoms with Crippen molar-refractivity contribution < 1.29 is 129 Å². The van der Waals surface area contributed by atoms with Gasteiger partial charge < -0.3 is 129 Å². The molecule has 5 rings (SSSR count). The Morgan fingerprint density at radius 2 is 0.625 bits per heavy atom. The first-order chi connectivity index (χ1) is 26.5. The van der Waals surface area contributed by atoms with E-state index in [9.17, 15) is 86.8 Å². The van der Waals surface area contributed by atoms with Crippen molar-refractivity contribution in [3.63, 3.8) is 0 Å². The fourth-order valence-corrected chi connectivity index (χ4v) is 6.93. The Labute approximate surface area is 316 Å². The van der Waals surface area contributed by atoms with Crippen molar-refractivity contribution in [1.82, 2.24) is 0 Å². The van der Waals surface area contributed by atoms with E-state index in [1.807, 2.05) is 0 Å². The number of hydrogen-bond acceptors (Lipinski definition) is 26. The molecule has 25 atom stereocenters. The van der Waals surface area contributed by atoms with Gasteiger partial charge >= 0.3 is 0 Å². The van der Waals surface area contributed by atoms with Gasteiger partial charge in [-0.15, -0.1) is 0 Å². The topological polar surface area (TPSA) is 427 Å². The van der Waals surface area contributed by atoms with Gasteiger partial charge in [-0.25, -0.2) is 0 Å². The van der Waals surface area contributed by atoms with Crippen LogP contribution in [0.4, 0.5) is 0 Å². The largest absolute Gasteiger partial charge is 0.394 e. The molecule has 0 bridgehead atoms. The van der Waals surface area contributed by atoms with Crippen LogP contribution in [0.25, 0.3) is 0 Å². The van der Waals surface area contributed by atoms with E-state index in [0.717, 1.165) is 0 Å². The van der Waals surface area contributed by atoms with Crippen LogP contribution in [-0.4, -0.2) is 273 Å². The molecule has 0 amide bonds. The Bertz CT molecular complexity index is 1200. The van der Waals surface area contributed by atoms with Gasteiger partial charge in [0.2, 0.25) is 0 Å². The molecule has 0 saturated carbocycles.